The molecule has 1 aromatic carbocycles. The van der Waals surface area contributed by atoms with Crippen LogP contribution >= 0.6 is 11.6 Å². The number of carboxylic acid groups (broad SMARTS) is 1. The predicted molar refractivity (Wildman–Crippen MR) is 70.2 cm³/mol. The molecule has 0 spiro atoms. The largest absolute Gasteiger partial charge is 0.479 e. The Morgan fingerprint density at radius 3 is 3.00 bits per heavy atom. The maximum absolute atomic E-state index is 10.9. The van der Waals surface area contributed by atoms with Crippen molar-refractivity contribution in [2.75, 3.05) is 0 Å². The number of aryl methyl sites for hydroxylation is 1. The Kier molecular flexibility index (Phi) is 2.95. The molecule has 1 aliphatic heterocycles. The highest BCUT2D eigenvalue weighted by Gasteiger charge is 2.33. The van der Waals surface area contributed by atoms with Gasteiger partial charge in [-0.1, -0.05) is 11.6 Å². The van der Waals surface area contributed by atoms with Crippen LogP contribution in [0.5, 0.6) is 0 Å². The van der Waals surface area contributed by atoms with E-state index in [0.717, 1.165) is 16.9 Å². The van der Waals surface area contributed by atoms with Gasteiger partial charge in [0.2, 0.25) is 0 Å². The maximum Gasteiger partial charge on any atom is 0.332 e. The Balaban J connectivity index is 1.97. The number of aromatic nitrogens is 2. The van der Waals surface area contributed by atoms with E-state index in [1.165, 1.54) is 0 Å². The molecule has 2 heterocycles. The Morgan fingerprint density at radius 1 is 1.53 bits per heavy atom. The van der Waals surface area contributed by atoms with Crippen LogP contribution in [0.3, 0.4) is 0 Å². The van der Waals surface area contributed by atoms with Gasteiger partial charge in [0, 0.05) is 12.1 Å². The van der Waals surface area contributed by atoms with Crippen molar-refractivity contribution in [3.05, 3.63) is 29.0 Å². The quantitative estimate of drug-likeness (QED) is 0.918. The summed E-state index contributed by atoms with van der Waals surface area (Å²) in [4.78, 5) is 15.4. The molecule has 0 radical (unpaired) electrons. The van der Waals surface area contributed by atoms with E-state index in [4.69, 9.17) is 21.4 Å². The monoisotopic (exact) mass is 280 g/mol. The number of hydrogen-bond acceptors (Lipinski definition) is 3. The lowest BCUT2D eigenvalue weighted by Gasteiger charge is -2.10. The van der Waals surface area contributed by atoms with E-state index >= 15 is 0 Å². The first kappa shape index (κ1) is 12.4. The van der Waals surface area contributed by atoms with Gasteiger partial charge in [-0.25, -0.2) is 9.78 Å². The molecule has 19 heavy (non-hydrogen) atoms. The number of benzene rings is 1. The number of nitrogens with zero attached hydrogens (tertiary/aromatic N) is 2. The van der Waals surface area contributed by atoms with Crippen LogP contribution in [0.1, 0.15) is 24.8 Å². The van der Waals surface area contributed by atoms with Gasteiger partial charge in [0.25, 0.3) is 0 Å². The molecule has 3 rings (SSSR count). The van der Waals surface area contributed by atoms with Crippen LogP contribution in [0.25, 0.3) is 11.0 Å². The third-order valence-corrected chi connectivity index (χ3v) is 3.70. The third-order valence-electron chi connectivity index (χ3n) is 3.46. The van der Waals surface area contributed by atoms with Crippen LogP contribution in [-0.2, 0) is 16.6 Å². The fourth-order valence-electron chi connectivity index (χ4n) is 2.49. The second-order valence-corrected chi connectivity index (χ2v) is 5.13. The molecular weight excluding hydrogens is 268 g/mol. The molecule has 0 aliphatic carbocycles. The molecule has 1 aliphatic rings. The average Bonchev–Trinajstić information content (AvgIpc) is 2.94. The minimum absolute atomic E-state index is 0.266. The van der Waals surface area contributed by atoms with E-state index < -0.39 is 12.1 Å². The first-order chi connectivity index (χ1) is 9.06. The number of fused-ring (bicyclic) bond motifs is 1. The van der Waals surface area contributed by atoms with Crippen molar-refractivity contribution in [1.29, 1.82) is 0 Å². The molecule has 100 valence electrons. The Morgan fingerprint density at radius 2 is 2.32 bits per heavy atom. The lowest BCUT2D eigenvalue weighted by molar-refractivity contribution is -0.149. The van der Waals surface area contributed by atoms with Gasteiger partial charge in [0.05, 0.1) is 11.0 Å². The van der Waals surface area contributed by atoms with E-state index in [2.05, 4.69) is 4.98 Å². The van der Waals surface area contributed by atoms with Crippen molar-refractivity contribution < 1.29 is 14.6 Å². The summed E-state index contributed by atoms with van der Waals surface area (Å²) in [6, 6.07) is 5.51. The highest BCUT2D eigenvalue weighted by atomic mass is 35.5. The van der Waals surface area contributed by atoms with E-state index in [9.17, 15) is 4.79 Å². The molecule has 1 saturated heterocycles. The molecule has 0 saturated carbocycles. The molecule has 0 amide bonds. The van der Waals surface area contributed by atoms with E-state index in [0.29, 0.717) is 17.9 Å². The number of carbonyl (C=O) groups is 1. The standard InChI is InChI=1S/C13H13ClN2O3/c1-16-9-3-2-7(14)6-8(9)15-12(16)10-4-5-11(19-10)13(17)18/h2-3,6,10-11H,4-5H2,1H3,(H,17,18). The lowest BCUT2D eigenvalue weighted by atomic mass is 10.2. The summed E-state index contributed by atoms with van der Waals surface area (Å²) < 4.78 is 7.46. The topological polar surface area (TPSA) is 64.4 Å². The van der Waals surface area contributed by atoms with E-state index in [1.807, 2.05) is 23.7 Å². The second-order valence-electron chi connectivity index (χ2n) is 4.69. The number of rotatable bonds is 2. The summed E-state index contributed by atoms with van der Waals surface area (Å²) >= 11 is 5.95. The zero-order chi connectivity index (χ0) is 13.6. The third kappa shape index (κ3) is 2.09. The Hall–Kier alpha value is -1.59. The molecule has 1 fully saturated rings. The molecular formula is C13H13ClN2O3. The van der Waals surface area contributed by atoms with Gasteiger partial charge in [-0.15, -0.1) is 0 Å². The predicted octanol–water partition coefficient (Wildman–Crippen LogP) is 2.53. The molecule has 2 unspecified atom stereocenters. The SMILES string of the molecule is Cn1c(C2CCC(C(=O)O)O2)nc2cc(Cl)ccc21. The van der Waals surface area contributed by atoms with Gasteiger partial charge >= 0.3 is 5.97 Å². The molecule has 5 nitrogen and oxygen atoms in total. The summed E-state index contributed by atoms with van der Waals surface area (Å²) in [6.45, 7) is 0. The van der Waals surface area contributed by atoms with Crippen LogP contribution in [0.2, 0.25) is 5.02 Å². The molecule has 2 atom stereocenters. The number of halogens is 1. The van der Waals surface area contributed by atoms with Gasteiger partial charge < -0.3 is 14.4 Å². The Labute approximate surface area is 114 Å². The molecule has 2 aromatic rings. The number of aliphatic carboxylic acids is 1. The molecule has 6 heteroatoms. The van der Waals surface area contributed by atoms with Crippen LogP contribution in [-0.4, -0.2) is 26.7 Å². The van der Waals surface area contributed by atoms with Crippen LogP contribution in [0, 0.1) is 0 Å². The van der Waals surface area contributed by atoms with Gasteiger partial charge in [-0.05, 0) is 31.0 Å². The Bertz CT molecular complexity index is 653. The van der Waals surface area contributed by atoms with Crippen molar-refractivity contribution in [3.63, 3.8) is 0 Å². The zero-order valence-electron chi connectivity index (χ0n) is 10.3. The minimum atomic E-state index is -0.913. The van der Waals surface area contributed by atoms with Crippen molar-refractivity contribution in [1.82, 2.24) is 9.55 Å². The summed E-state index contributed by atoms with van der Waals surface area (Å²) in [5.74, 6) is -0.162. The van der Waals surface area contributed by atoms with Crippen molar-refractivity contribution in [3.8, 4) is 0 Å². The van der Waals surface area contributed by atoms with Crippen molar-refractivity contribution >= 4 is 28.6 Å². The van der Waals surface area contributed by atoms with Crippen LogP contribution in [0.4, 0.5) is 0 Å². The second kappa shape index (κ2) is 4.51. The smallest absolute Gasteiger partial charge is 0.332 e. The first-order valence-corrected chi connectivity index (χ1v) is 6.44. The fourth-order valence-corrected chi connectivity index (χ4v) is 2.65. The highest BCUT2D eigenvalue weighted by molar-refractivity contribution is 6.31. The van der Waals surface area contributed by atoms with Gasteiger partial charge in [-0.3, -0.25) is 0 Å². The minimum Gasteiger partial charge on any atom is -0.479 e. The van der Waals surface area contributed by atoms with Crippen LogP contribution in [0.15, 0.2) is 18.2 Å². The van der Waals surface area contributed by atoms with Gasteiger partial charge in [-0.2, -0.15) is 0 Å². The van der Waals surface area contributed by atoms with E-state index in [-0.39, 0.29) is 6.10 Å². The lowest BCUT2D eigenvalue weighted by Crippen LogP contribution is -2.19. The summed E-state index contributed by atoms with van der Waals surface area (Å²) in [5, 5.41) is 9.59. The van der Waals surface area contributed by atoms with Crippen molar-refractivity contribution in [2.24, 2.45) is 7.05 Å². The van der Waals surface area contributed by atoms with Gasteiger partial charge in [0.15, 0.2) is 6.10 Å². The molecule has 1 aromatic heterocycles. The maximum atomic E-state index is 10.9. The number of carboxylic acids is 1. The van der Waals surface area contributed by atoms with Gasteiger partial charge in [0.1, 0.15) is 11.9 Å². The zero-order valence-corrected chi connectivity index (χ0v) is 11.1. The fraction of sp³-hybridized carbons (Fsp3) is 0.385. The van der Waals surface area contributed by atoms with Crippen LogP contribution < -0.4 is 0 Å². The highest BCUT2D eigenvalue weighted by Crippen LogP contribution is 2.33. The average molecular weight is 281 g/mol. The first-order valence-electron chi connectivity index (χ1n) is 6.06. The summed E-state index contributed by atoms with van der Waals surface area (Å²) in [5.41, 5.74) is 1.76. The summed E-state index contributed by atoms with van der Waals surface area (Å²) in [7, 11) is 1.90. The molecule has 0 bridgehead atoms. The molecule has 1 N–H and O–H groups in total. The number of imidazole rings is 1. The normalized spacial score (nSPS) is 23.1. The number of hydrogen-bond donors (Lipinski definition) is 1. The van der Waals surface area contributed by atoms with E-state index in [1.54, 1.807) is 6.07 Å². The number of ether oxygens (including phenoxy) is 1. The van der Waals surface area contributed by atoms with Crippen molar-refractivity contribution in [2.45, 2.75) is 25.0 Å². The summed E-state index contributed by atoms with van der Waals surface area (Å²) in [6.07, 6.45) is 0.192.